The van der Waals surface area contributed by atoms with Crippen LogP contribution < -0.4 is 34.7 Å². The van der Waals surface area contributed by atoms with Crippen molar-refractivity contribution in [1.82, 2.24) is 0 Å². The Hall–Kier alpha value is -1.42. The molecule has 124 valence electrons. The van der Waals surface area contributed by atoms with Gasteiger partial charge in [0.05, 0.1) is 0 Å². The summed E-state index contributed by atoms with van der Waals surface area (Å²) in [5.41, 5.74) is 3.90. The second kappa shape index (κ2) is 8.79. The second-order valence-electron chi connectivity index (χ2n) is 6.58. The number of Topliss-reactive ketones (excluding diaryl/α,β-unsaturated/α-hetero) is 1. The minimum absolute atomic E-state index is 0. The van der Waals surface area contributed by atoms with E-state index in [4.69, 9.17) is 0 Å². The quantitative estimate of drug-likeness (QED) is 0.724. The molecule has 4 heteroatoms. The summed E-state index contributed by atoms with van der Waals surface area (Å²) in [6.45, 7) is 1.64. The third-order valence-corrected chi connectivity index (χ3v) is 4.97. The molecule has 1 saturated carbocycles. The van der Waals surface area contributed by atoms with Gasteiger partial charge in [0.1, 0.15) is 5.78 Å². The first kappa shape index (κ1) is 19.9. The SMILES string of the molecule is CC(C(=O)[O-])c1ccc(CC2CCCC2=O)c(-c2ccccc2)c1.[Na+]. The fourth-order valence-electron chi connectivity index (χ4n) is 3.43. The van der Waals surface area contributed by atoms with Gasteiger partial charge in [-0.15, -0.1) is 0 Å². The van der Waals surface area contributed by atoms with Crippen molar-refractivity contribution in [2.24, 2.45) is 5.92 Å². The molecule has 25 heavy (non-hydrogen) atoms. The molecular weight excluding hydrogens is 323 g/mol. The van der Waals surface area contributed by atoms with E-state index in [0.717, 1.165) is 41.5 Å². The van der Waals surface area contributed by atoms with Crippen molar-refractivity contribution in [1.29, 1.82) is 0 Å². The molecule has 0 spiro atoms. The zero-order valence-electron chi connectivity index (χ0n) is 14.8. The molecule has 0 bridgehead atoms. The van der Waals surface area contributed by atoms with Crippen LogP contribution in [0, 0.1) is 5.92 Å². The molecule has 0 heterocycles. The Balaban J connectivity index is 0.00000225. The predicted molar refractivity (Wildman–Crippen MR) is 91.4 cm³/mol. The van der Waals surface area contributed by atoms with Crippen LogP contribution in [-0.4, -0.2) is 11.8 Å². The molecule has 1 aliphatic carbocycles. The Bertz CT molecular complexity index is 755. The van der Waals surface area contributed by atoms with Gasteiger partial charge in [-0.25, -0.2) is 0 Å². The van der Waals surface area contributed by atoms with Crippen molar-refractivity contribution in [3.05, 3.63) is 59.7 Å². The van der Waals surface area contributed by atoms with Crippen molar-refractivity contribution in [2.45, 2.75) is 38.5 Å². The van der Waals surface area contributed by atoms with Crippen molar-refractivity contribution in [3.8, 4) is 11.1 Å². The number of hydrogen-bond acceptors (Lipinski definition) is 3. The van der Waals surface area contributed by atoms with Crippen LogP contribution in [0.15, 0.2) is 48.5 Å². The molecule has 3 nitrogen and oxygen atoms in total. The average Bonchev–Trinajstić information content (AvgIpc) is 3.00. The number of carbonyl (C=O) groups is 2. The molecule has 2 atom stereocenters. The minimum atomic E-state index is -1.08. The molecule has 2 unspecified atom stereocenters. The number of hydrogen-bond donors (Lipinski definition) is 0. The largest absolute Gasteiger partial charge is 1.00 e. The first-order chi connectivity index (χ1) is 11.6. The molecule has 0 aliphatic heterocycles. The van der Waals surface area contributed by atoms with E-state index in [1.807, 2.05) is 48.5 Å². The maximum atomic E-state index is 12.0. The Kier molecular flexibility index (Phi) is 7.00. The van der Waals surface area contributed by atoms with Gasteiger partial charge in [0.15, 0.2) is 0 Å². The van der Waals surface area contributed by atoms with Gasteiger partial charge in [0.2, 0.25) is 0 Å². The number of benzene rings is 2. The van der Waals surface area contributed by atoms with Gasteiger partial charge in [-0.2, -0.15) is 0 Å². The summed E-state index contributed by atoms with van der Waals surface area (Å²) in [4.78, 5) is 23.2. The third-order valence-electron chi connectivity index (χ3n) is 4.97. The van der Waals surface area contributed by atoms with Crippen LogP contribution >= 0.6 is 0 Å². The Morgan fingerprint density at radius 3 is 2.52 bits per heavy atom. The van der Waals surface area contributed by atoms with Gasteiger partial charge in [0, 0.05) is 24.2 Å². The topological polar surface area (TPSA) is 57.2 Å². The van der Waals surface area contributed by atoms with E-state index in [0.29, 0.717) is 12.2 Å². The first-order valence-corrected chi connectivity index (χ1v) is 8.48. The summed E-state index contributed by atoms with van der Waals surface area (Å²) in [6, 6.07) is 15.7. The van der Waals surface area contributed by atoms with Crippen molar-refractivity contribution in [2.75, 3.05) is 0 Å². The summed E-state index contributed by atoms with van der Waals surface area (Å²) < 4.78 is 0. The molecule has 2 aromatic rings. The number of carboxylic acids is 1. The second-order valence-corrected chi connectivity index (χ2v) is 6.58. The first-order valence-electron chi connectivity index (χ1n) is 8.48. The van der Waals surface area contributed by atoms with Crippen LogP contribution in [-0.2, 0) is 16.0 Å². The summed E-state index contributed by atoms with van der Waals surface area (Å²) in [7, 11) is 0. The Morgan fingerprint density at radius 1 is 1.20 bits per heavy atom. The molecule has 0 saturated heterocycles. The summed E-state index contributed by atoms with van der Waals surface area (Å²) in [6.07, 6.45) is 3.34. The maximum Gasteiger partial charge on any atom is 1.00 e. The van der Waals surface area contributed by atoms with E-state index in [1.165, 1.54) is 0 Å². The minimum Gasteiger partial charge on any atom is -0.550 e. The normalized spacial score (nSPS) is 17.8. The molecular formula is C21H21NaO3. The summed E-state index contributed by atoms with van der Waals surface area (Å²) >= 11 is 0. The molecule has 0 radical (unpaired) electrons. The van der Waals surface area contributed by atoms with Crippen LogP contribution in [0.3, 0.4) is 0 Å². The van der Waals surface area contributed by atoms with Crippen molar-refractivity contribution >= 4 is 11.8 Å². The maximum absolute atomic E-state index is 12.0. The Morgan fingerprint density at radius 2 is 1.92 bits per heavy atom. The smallest absolute Gasteiger partial charge is 0.550 e. The van der Waals surface area contributed by atoms with Crippen molar-refractivity contribution < 1.29 is 44.3 Å². The monoisotopic (exact) mass is 344 g/mol. The van der Waals surface area contributed by atoms with Crippen molar-refractivity contribution in [3.63, 3.8) is 0 Å². The van der Waals surface area contributed by atoms with Gasteiger partial charge >= 0.3 is 29.6 Å². The number of carbonyl (C=O) groups excluding carboxylic acids is 2. The summed E-state index contributed by atoms with van der Waals surface area (Å²) in [5.74, 6) is -1.29. The molecule has 1 fully saturated rings. The van der Waals surface area contributed by atoms with Crippen LogP contribution in [0.2, 0.25) is 0 Å². The summed E-state index contributed by atoms with van der Waals surface area (Å²) in [5, 5.41) is 11.2. The van der Waals surface area contributed by atoms with E-state index in [-0.39, 0.29) is 35.5 Å². The number of aliphatic carboxylic acids is 1. The van der Waals surface area contributed by atoms with E-state index < -0.39 is 11.9 Å². The number of ketones is 1. The molecule has 0 N–H and O–H groups in total. The zero-order chi connectivity index (χ0) is 17.1. The van der Waals surface area contributed by atoms with Crippen LogP contribution in [0.1, 0.15) is 43.2 Å². The van der Waals surface area contributed by atoms with E-state index >= 15 is 0 Å². The molecule has 2 aromatic carbocycles. The van der Waals surface area contributed by atoms with Gasteiger partial charge < -0.3 is 9.90 Å². The fourth-order valence-corrected chi connectivity index (χ4v) is 3.43. The predicted octanol–water partition coefficient (Wildman–Crippen LogP) is 0.123. The van der Waals surface area contributed by atoms with Gasteiger partial charge in [-0.05, 0) is 41.5 Å². The number of carboxylic acid groups (broad SMARTS) is 1. The molecule has 0 aromatic heterocycles. The van der Waals surface area contributed by atoms with Gasteiger partial charge in [-0.1, -0.05) is 55.5 Å². The van der Waals surface area contributed by atoms with Crippen LogP contribution in [0.4, 0.5) is 0 Å². The molecule has 3 rings (SSSR count). The number of rotatable bonds is 5. The van der Waals surface area contributed by atoms with Gasteiger partial charge in [-0.3, -0.25) is 4.79 Å². The van der Waals surface area contributed by atoms with E-state index in [2.05, 4.69) is 0 Å². The standard InChI is InChI=1S/C21H22O3.Na/c1-14(21(23)24)16-10-11-17(12-18-8-5-9-20(18)22)19(13-16)15-6-3-2-4-7-15;/h2-4,6-7,10-11,13-14,18H,5,8-9,12H2,1H3,(H,23,24);/q;+1/p-1. The van der Waals surface area contributed by atoms with E-state index in [1.54, 1.807) is 6.92 Å². The molecule has 1 aliphatic rings. The van der Waals surface area contributed by atoms with Crippen LogP contribution in [0.5, 0.6) is 0 Å². The zero-order valence-corrected chi connectivity index (χ0v) is 16.8. The third kappa shape index (κ3) is 4.60. The van der Waals surface area contributed by atoms with Gasteiger partial charge in [0.25, 0.3) is 0 Å². The van der Waals surface area contributed by atoms with E-state index in [9.17, 15) is 14.7 Å². The van der Waals surface area contributed by atoms with Crippen LogP contribution in [0.25, 0.3) is 11.1 Å². The fraction of sp³-hybridized carbons (Fsp3) is 0.333. The Labute approximate surface area is 170 Å². The average molecular weight is 344 g/mol. The molecule has 0 amide bonds.